The van der Waals surface area contributed by atoms with Gasteiger partial charge in [-0.25, -0.2) is 0 Å². The van der Waals surface area contributed by atoms with Gasteiger partial charge in [0, 0.05) is 24.5 Å². The zero-order valence-corrected chi connectivity index (χ0v) is 9.41. The molecule has 0 aromatic heterocycles. The number of hydrogen-bond acceptors (Lipinski definition) is 2. The highest BCUT2D eigenvalue weighted by Crippen LogP contribution is 2.37. The van der Waals surface area contributed by atoms with Crippen molar-refractivity contribution in [2.24, 2.45) is 17.8 Å². The van der Waals surface area contributed by atoms with E-state index in [1.807, 2.05) is 6.92 Å². The Morgan fingerprint density at radius 2 is 2.13 bits per heavy atom. The highest BCUT2D eigenvalue weighted by atomic mass is 16.3. The van der Waals surface area contributed by atoms with Crippen LogP contribution in [0.25, 0.3) is 0 Å². The fourth-order valence-corrected chi connectivity index (χ4v) is 2.57. The summed E-state index contributed by atoms with van der Waals surface area (Å²) in [4.78, 5) is 11.8. The van der Waals surface area contributed by atoms with Crippen molar-refractivity contribution < 1.29 is 9.90 Å². The molecule has 2 N–H and O–H groups in total. The topological polar surface area (TPSA) is 49.3 Å². The van der Waals surface area contributed by atoms with Crippen LogP contribution in [0.1, 0.15) is 39.0 Å². The van der Waals surface area contributed by atoms with Gasteiger partial charge in [0.2, 0.25) is 5.91 Å². The highest BCUT2D eigenvalue weighted by molar-refractivity contribution is 5.79. The average molecular weight is 211 g/mol. The molecule has 0 aliphatic heterocycles. The molecule has 2 fully saturated rings. The number of aliphatic hydroxyl groups is 1. The van der Waals surface area contributed by atoms with Crippen molar-refractivity contribution in [1.82, 2.24) is 5.32 Å². The number of carbonyl (C=O) groups is 1. The molecule has 1 amide bonds. The molecule has 2 aliphatic carbocycles. The van der Waals surface area contributed by atoms with Crippen molar-refractivity contribution in [3.63, 3.8) is 0 Å². The van der Waals surface area contributed by atoms with Gasteiger partial charge in [0.1, 0.15) is 0 Å². The maximum absolute atomic E-state index is 11.8. The van der Waals surface area contributed by atoms with Crippen LogP contribution >= 0.6 is 0 Å². The number of hydrogen-bond donors (Lipinski definition) is 2. The van der Waals surface area contributed by atoms with Crippen LogP contribution < -0.4 is 5.32 Å². The first kappa shape index (κ1) is 10.9. The van der Waals surface area contributed by atoms with Crippen molar-refractivity contribution in [2.45, 2.75) is 45.1 Å². The van der Waals surface area contributed by atoms with Gasteiger partial charge in [-0.1, -0.05) is 13.3 Å². The van der Waals surface area contributed by atoms with E-state index >= 15 is 0 Å². The first-order valence-corrected chi connectivity index (χ1v) is 6.13. The highest BCUT2D eigenvalue weighted by Gasteiger charge is 2.35. The van der Waals surface area contributed by atoms with Gasteiger partial charge < -0.3 is 10.4 Å². The maximum atomic E-state index is 11.8. The largest absolute Gasteiger partial charge is 0.396 e. The standard InChI is InChI=1S/C12H21NO2/c1-8(9-5-6-9)12(15)13-11-4-2-3-10(11)7-14/h8-11,14H,2-7H2,1H3,(H,13,15). The van der Waals surface area contributed by atoms with Gasteiger partial charge in [-0.05, 0) is 31.6 Å². The average Bonchev–Trinajstić information content (AvgIpc) is 2.99. The van der Waals surface area contributed by atoms with Crippen LogP contribution in [-0.4, -0.2) is 23.7 Å². The van der Waals surface area contributed by atoms with E-state index in [1.54, 1.807) is 0 Å². The third-order valence-corrected chi connectivity index (χ3v) is 3.96. The SMILES string of the molecule is CC(C(=O)NC1CCCC1CO)C1CC1. The molecule has 0 aromatic carbocycles. The molecule has 0 bridgehead atoms. The lowest BCUT2D eigenvalue weighted by Crippen LogP contribution is -2.41. The molecule has 0 heterocycles. The Morgan fingerprint density at radius 1 is 1.40 bits per heavy atom. The smallest absolute Gasteiger partial charge is 0.223 e. The van der Waals surface area contributed by atoms with E-state index in [0.717, 1.165) is 19.3 Å². The van der Waals surface area contributed by atoms with E-state index in [4.69, 9.17) is 5.11 Å². The van der Waals surface area contributed by atoms with E-state index in [-0.39, 0.29) is 24.5 Å². The summed E-state index contributed by atoms with van der Waals surface area (Å²) in [5.41, 5.74) is 0. The second-order valence-corrected chi connectivity index (χ2v) is 5.11. The fraction of sp³-hybridized carbons (Fsp3) is 0.917. The molecular weight excluding hydrogens is 190 g/mol. The molecule has 2 aliphatic rings. The summed E-state index contributed by atoms with van der Waals surface area (Å²) >= 11 is 0. The zero-order chi connectivity index (χ0) is 10.8. The summed E-state index contributed by atoms with van der Waals surface area (Å²) in [6.45, 7) is 2.23. The van der Waals surface area contributed by atoms with E-state index in [2.05, 4.69) is 5.32 Å². The second-order valence-electron chi connectivity index (χ2n) is 5.11. The second kappa shape index (κ2) is 4.52. The third kappa shape index (κ3) is 2.51. The van der Waals surface area contributed by atoms with Gasteiger partial charge in [-0.3, -0.25) is 4.79 Å². The Morgan fingerprint density at radius 3 is 2.73 bits per heavy atom. The lowest BCUT2D eigenvalue weighted by atomic mass is 10.0. The number of carbonyl (C=O) groups excluding carboxylic acids is 1. The monoisotopic (exact) mass is 211 g/mol. The molecule has 3 atom stereocenters. The molecule has 0 radical (unpaired) electrons. The molecule has 0 saturated heterocycles. The summed E-state index contributed by atoms with van der Waals surface area (Å²) in [5.74, 6) is 1.28. The van der Waals surface area contributed by atoms with Crippen molar-refractivity contribution in [1.29, 1.82) is 0 Å². The minimum absolute atomic E-state index is 0.171. The number of nitrogens with one attached hydrogen (secondary N) is 1. The van der Waals surface area contributed by atoms with E-state index < -0.39 is 0 Å². The van der Waals surface area contributed by atoms with Crippen molar-refractivity contribution in [3.8, 4) is 0 Å². The van der Waals surface area contributed by atoms with Gasteiger partial charge in [0.15, 0.2) is 0 Å². The molecule has 3 heteroatoms. The fourth-order valence-electron chi connectivity index (χ4n) is 2.57. The quantitative estimate of drug-likeness (QED) is 0.736. The predicted molar refractivity (Wildman–Crippen MR) is 58.2 cm³/mol. The molecule has 3 nitrogen and oxygen atoms in total. The Balaban J connectivity index is 1.82. The summed E-state index contributed by atoms with van der Waals surface area (Å²) in [6.07, 6.45) is 5.65. The van der Waals surface area contributed by atoms with Crippen LogP contribution in [0.4, 0.5) is 0 Å². The van der Waals surface area contributed by atoms with Crippen LogP contribution in [0, 0.1) is 17.8 Å². The lowest BCUT2D eigenvalue weighted by molar-refractivity contribution is -0.126. The molecule has 2 saturated carbocycles. The molecule has 2 rings (SSSR count). The Bertz CT molecular complexity index is 238. The number of aliphatic hydroxyl groups excluding tert-OH is 1. The molecule has 0 aromatic rings. The minimum atomic E-state index is 0.171. The first-order valence-electron chi connectivity index (χ1n) is 6.13. The summed E-state index contributed by atoms with van der Waals surface area (Å²) in [6, 6.07) is 0.226. The van der Waals surface area contributed by atoms with Crippen molar-refractivity contribution in [3.05, 3.63) is 0 Å². The molecule has 15 heavy (non-hydrogen) atoms. The van der Waals surface area contributed by atoms with E-state index in [0.29, 0.717) is 11.8 Å². The molecule has 0 spiro atoms. The maximum Gasteiger partial charge on any atom is 0.223 e. The summed E-state index contributed by atoms with van der Waals surface area (Å²) in [5, 5.41) is 12.3. The van der Waals surface area contributed by atoms with Crippen molar-refractivity contribution >= 4 is 5.91 Å². The summed E-state index contributed by atoms with van der Waals surface area (Å²) in [7, 11) is 0. The number of amides is 1. The van der Waals surface area contributed by atoms with Crippen LogP contribution in [0.15, 0.2) is 0 Å². The zero-order valence-electron chi connectivity index (χ0n) is 9.41. The molecule has 3 unspecified atom stereocenters. The first-order chi connectivity index (χ1) is 7.22. The van der Waals surface area contributed by atoms with Crippen LogP contribution in [0.3, 0.4) is 0 Å². The van der Waals surface area contributed by atoms with Crippen LogP contribution in [0.2, 0.25) is 0 Å². The van der Waals surface area contributed by atoms with E-state index in [9.17, 15) is 4.79 Å². The van der Waals surface area contributed by atoms with Gasteiger partial charge in [0.25, 0.3) is 0 Å². The normalized spacial score (nSPS) is 32.7. The minimum Gasteiger partial charge on any atom is -0.396 e. The van der Waals surface area contributed by atoms with Crippen LogP contribution in [-0.2, 0) is 4.79 Å². The predicted octanol–water partition coefficient (Wildman–Crippen LogP) is 1.31. The third-order valence-electron chi connectivity index (χ3n) is 3.96. The Hall–Kier alpha value is -0.570. The van der Waals surface area contributed by atoms with Crippen molar-refractivity contribution in [2.75, 3.05) is 6.61 Å². The Labute approximate surface area is 91.2 Å². The number of rotatable bonds is 4. The molecular formula is C12H21NO2. The lowest BCUT2D eigenvalue weighted by Gasteiger charge is -2.21. The molecule has 86 valence electrons. The van der Waals surface area contributed by atoms with Gasteiger partial charge in [0.05, 0.1) is 0 Å². The van der Waals surface area contributed by atoms with E-state index in [1.165, 1.54) is 12.8 Å². The van der Waals surface area contributed by atoms with Gasteiger partial charge in [-0.15, -0.1) is 0 Å². The van der Waals surface area contributed by atoms with Crippen LogP contribution in [0.5, 0.6) is 0 Å². The summed E-state index contributed by atoms with van der Waals surface area (Å²) < 4.78 is 0. The van der Waals surface area contributed by atoms with Gasteiger partial charge in [-0.2, -0.15) is 0 Å². The Kier molecular flexibility index (Phi) is 3.29. The van der Waals surface area contributed by atoms with Gasteiger partial charge >= 0.3 is 0 Å².